The highest BCUT2D eigenvalue weighted by Gasteiger charge is 2.37. The van der Waals surface area contributed by atoms with Gasteiger partial charge in [0.2, 0.25) is 6.10 Å². The van der Waals surface area contributed by atoms with E-state index in [9.17, 15) is 4.79 Å². The molecule has 0 saturated carbocycles. The van der Waals surface area contributed by atoms with E-state index in [0.717, 1.165) is 0 Å². The first-order valence-corrected chi connectivity index (χ1v) is 4.58. The number of methoxy groups -OCH3 is 2. The standard InChI is InChI=1S/C11H9NO4/c1-14-6-3-4-7(15-2)10-9(6)8(5-12)16-11(10)13/h3-4,8H,1-2H3. The maximum Gasteiger partial charge on any atom is 0.344 e. The Balaban J connectivity index is 2.70. The fraction of sp³-hybridized carbons (Fsp3) is 0.273. The lowest BCUT2D eigenvalue weighted by Gasteiger charge is -2.09. The number of carbonyl (C=O) groups is 1. The van der Waals surface area contributed by atoms with Crippen molar-refractivity contribution in [3.8, 4) is 17.6 Å². The Morgan fingerprint density at radius 2 is 1.94 bits per heavy atom. The largest absolute Gasteiger partial charge is 0.496 e. The molecule has 0 radical (unpaired) electrons. The Kier molecular flexibility index (Phi) is 2.41. The van der Waals surface area contributed by atoms with Crippen LogP contribution in [0.3, 0.4) is 0 Å². The predicted molar refractivity (Wildman–Crippen MR) is 53.3 cm³/mol. The van der Waals surface area contributed by atoms with Gasteiger partial charge in [0.25, 0.3) is 0 Å². The number of rotatable bonds is 2. The van der Waals surface area contributed by atoms with E-state index in [1.165, 1.54) is 14.2 Å². The Bertz CT molecular complexity index is 489. The van der Waals surface area contributed by atoms with E-state index in [1.54, 1.807) is 12.1 Å². The number of esters is 1. The molecule has 1 aliphatic rings. The average molecular weight is 219 g/mol. The molecule has 5 heteroatoms. The van der Waals surface area contributed by atoms with E-state index in [2.05, 4.69) is 0 Å². The van der Waals surface area contributed by atoms with Crippen LogP contribution < -0.4 is 9.47 Å². The van der Waals surface area contributed by atoms with Crippen LogP contribution in [-0.2, 0) is 4.74 Å². The summed E-state index contributed by atoms with van der Waals surface area (Å²) < 4.78 is 15.1. The minimum atomic E-state index is -0.924. The molecule has 1 aliphatic heterocycles. The number of nitrogens with zero attached hydrogens (tertiary/aromatic N) is 1. The summed E-state index contributed by atoms with van der Waals surface area (Å²) >= 11 is 0. The summed E-state index contributed by atoms with van der Waals surface area (Å²) in [6.07, 6.45) is -0.924. The van der Waals surface area contributed by atoms with Crippen LogP contribution in [0.25, 0.3) is 0 Å². The van der Waals surface area contributed by atoms with Crippen molar-refractivity contribution in [2.45, 2.75) is 6.10 Å². The van der Waals surface area contributed by atoms with Crippen LogP contribution in [0.2, 0.25) is 0 Å². The third-order valence-corrected chi connectivity index (χ3v) is 2.42. The van der Waals surface area contributed by atoms with Gasteiger partial charge in [0.1, 0.15) is 23.1 Å². The third-order valence-electron chi connectivity index (χ3n) is 2.42. The number of carbonyl (C=O) groups excluding carboxylic acids is 1. The molecule has 0 bridgehead atoms. The number of cyclic esters (lactones) is 1. The lowest BCUT2D eigenvalue weighted by atomic mass is 10.0. The monoisotopic (exact) mass is 219 g/mol. The number of hydrogen-bond acceptors (Lipinski definition) is 5. The summed E-state index contributed by atoms with van der Waals surface area (Å²) in [5.74, 6) is 0.282. The lowest BCUT2D eigenvalue weighted by Crippen LogP contribution is -1.99. The zero-order valence-corrected chi connectivity index (χ0v) is 8.81. The van der Waals surface area contributed by atoms with Crippen molar-refractivity contribution in [3.05, 3.63) is 23.3 Å². The molecule has 1 aromatic rings. The van der Waals surface area contributed by atoms with Gasteiger partial charge in [-0.2, -0.15) is 5.26 Å². The predicted octanol–water partition coefficient (Wildman–Crippen LogP) is 1.44. The van der Waals surface area contributed by atoms with Crippen molar-refractivity contribution in [2.75, 3.05) is 14.2 Å². The van der Waals surface area contributed by atoms with Crippen molar-refractivity contribution in [1.29, 1.82) is 5.26 Å². The van der Waals surface area contributed by atoms with Crippen molar-refractivity contribution < 1.29 is 19.0 Å². The van der Waals surface area contributed by atoms with Crippen LogP contribution in [0.5, 0.6) is 11.5 Å². The lowest BCUT2D eigenvalue weighted by molar-refractivity contribution is 0.0474. The summed E-state index contributed by atoms with van der Waals surface area (Å²) in [5.41, 5.74) is 0.711. The topological polar surface area (TPSA) is 68.6 Å². The van der Waals surface area contributed by atoms with Gasteiger partial charge < -0.3 is 14.2 Å². The Labute approximate surface area is 92.1 Å². The van der Waals surface area contributed by atoms with Crippen molar-refractivity contribution in [2.24, 2.45) is 0 Å². The van der Waals surface area contributed by atoms with Crippen LogP contribution in [0.4, 0.5) is 0 Å². The summed E-state index contributed by atoms with van der Waals surface area (Å²) in [5, 5.41) is 8.89. The second-order valence-corrected chi connectivity index (χ2v) is 3.17. The fourth-order valence-electron chi connectivity index (χ4n) is 1.72. The molecule has 1 heterocycles. The smallest absolute Gasteiger partial charge is 0.344 e. The van der Waals surface area contributed by atoms with Gasteiger partial charge in [-0.25, -0.2) is 4.79 Å². The first-order chi connectivity index (χ1) is 7.72. The van der Waals surface area contributed by atoms with E-state index in [4.69, 9.17) is 19.5 Å². The molecule has 5 nitrogen and oxygen atoms in total. The Morgan fingerprint density at radius 3 is 2.50 bits per heavy atom. The van der Waals surface area contributed by atoms with Crippen molar-refractivity contribution in [3.63, 3.8) is 0 Å². The minimum absolute atomic E-state index is 0.272. The second kappa shape index (κ2) is 3.74. The second-order valence-electron chi connectivity index (χ2n) is 3.17. The summed E-state index contributed by atoms with van der Waals surface area (Å²) in [7, 11) is 2.92. The maximum atomic E-state index is 11.6. The van der Waals surface area contributed by atoms with Crippen molar-refractivity contribution in [1.82, 2.24) is 0 Å². The minimum Gasteiger partial charge on any atom is -0.496 e. The molecule has 0 saturated heterocycles. The SMILES string of the molecule is COc1ccc(OC)c2c1C(=O)OC2C#N. The molecule has 0 aliphatic carbocycles. The molecule has 0 amide bonds. The molecule has 2 rings (SSSR count). The Morgan fingerprint density at radius 1 is 1.31 bits per heavy atom. The molecular formula is C11H9NO4. The number of ether oxygens (including phenoxy) is 3. The van der Waals surface area contributed by atoms with Gasteiger partial charge in [0, 0.05) is 0 Å². The average Bonchev–Trinajstić information content (AvgIpc) is 2.66. The van der Waals surface area contributed by atoms with E-state index in [1.807, 2.05) is 6.07 Å². The highest BCUT2D eigenvalue weighted by molar-refractivity contribution is 5.98. The van der Waals surface area contributed by atoms with Gasteiger partial charge in [-0.15, -0.1) is 0 Å². The van der Waals surface area contributed by atoms with E-state index >= 15 is 0 Å². The van der Waals surface area contributed by atoms with Crippen LogP contribution in [0, 0.1) is 11.3 Å². The number of nitriles is 1. The van der Waals surface area contributed by atoms with Gasteiger partial charge in [0.15, 0.2) is 0 Å². The first-order valence-electron chi connectivity index (χ1n) is 4.58. The van der Waals surface area contributed by atoms with Crippen LogP contribution in [0.1, 0.15) is 22.0 Å². The van der Waals surface area contributed by atoms with Gasteiger partial charge in [-0.05, 0) is 12.1 Å². The van der Waals surface area contributed by atoms with E-state index in [0.29, 0.717) is 17.1 Å². The van der Waals surface area contributed by atoms with Crippen LogP contribution in [0.15, 0.2) is 12.1 Å². The number of benzene rings is 1. The summed E-state index contributed by atoms with van der Waals surface area (Å²) in [6.45, 7) is 0. The van der Waals surface area contributed by atoms with Gasteiger partial charge in [-0.1, -0.05) is 0 Å². The maximum absolute atomic E-state index is 11.6. The quantitative estimate of drug-likeness (QED) is 0.704. The molecule has 1 aromatic carbocycles. The summed E-state index contributed by atoms with van der Waals surface area (Å²) in [6, 6.07) is 5.15. The highest BCUT2D eigenvalue weighted by Crippen LogP contribution is 2.41. The Hall–Kier alpha value is -2.22. The molecule has 16 heavy (non-hydrogen) atoms. The molecule has 0 N–H and O–H groups in total. The molecule has 0 spiro atoms. The van der Waals surface area contributed by atoms with E-state index < -0.39 is 12.1 Å². The molecule has 82 valence electrons. The number of fused-ring (bicyclic) bond motifs is 1. The molecule has 1 unspecified atom stereocenters. The van der Waals surface area contributed by atoms with Crippen molar-refractivity contribution >= 4 is 5.97 Å². The fourth-order valence-corrected chi connectivity index (χ4v) is 1.72. The molecular weight excluding hydrogens is 210 g/mol. The van der Waals surface area contributed by atoms with Crippen LogP contribution in [-0.4, -0.2) is 20.2 Å². The number of hydrogen-bond donors (Lipinski definition) is 0. The van der Waals surface area contributed by atoms with Gasteiger partial charge in [-0.3, -0.25) is 0 Å². The zero-order valence-electron chi connectivity index (χ0n) is 8.81. The highest BCUT2D eigenvalue weighted by atomic mass is 16.6. The molecule has 0 fully saturated rings. The van der Waals surface area contributed by atoms with Crippen LogP contribution >= 0.6 is 0 Å². The van der Waals surface area contributed by atoms with Gasteiger partial charge >= 0.3 is 5.97 Å². The first kappa shape index (κ1) is 10.3. The summed E-state index contributed by atoms with van der Waals surface area (Å²) in [4.78, 5) is 11.6. The zero-order chi connectivity index (χ0) is 11.7. The molecule has 0 aromatic heterocycles. The van der Waals surface area contributed by atoms with Gasteiger partial charge in [0.05, 0.1) is 19.8 Å². The molecule has 1 atom stereocenters. The van der Waals surface area contributed by atoms with E-state index in [-0.39, 0.29) is 5.56 Å². The third kappa shape index (κ3) is 1.27. The normalized spacial score (nSPS) is 17.3.